The van der Waals surface area contributed by atoms with Gasteiger partial charge in [-0.2, -0.15) is 0 Å². The maximum atomic E-state index is 13.5. The zero-order chi connectivity index (χ0) is 35.8. The van der Waals surface area contributed by atoms with Crippen LogP contribution in [0.4, 0.5) is 0 Å². The van der Waals surface area contributed by atoms with E-state index in [1.54, 1.807) is 54.6 Å². The molecule has 0 bridgehead atoms. The molecule has 2 aliphatic heterocycles. The van der Waals surface area contributed by atoms with E-state index in [0.29, 0.717) is 0 Å². The second kappa shape index (κ2) is 16.5. The van der Waals surface area contributed by atoms with Crippen molar-refractivity contribution in [1.29, 1.82) is 0 Å². The molecule has 3 aromatic rings. The minimum Gasteiger partial charge on any atom is -0.456 e. The van der Waals surface area contributed by atoms with Gasteiger partial charge in [-0.05, 0) is 43.3 Å². The zero-order valence-electron chi connectivity index (χ0n) is 27.3. The molecule has 0 unspecified atom stereocenters. The van der Waals surface area contributed by atoms with Crippen molar-refractivity contribution in [2.75, 3.05) is 6.61 Å². The summed E-state index contributed by atoms with van der Waals surface area (Å²) in [5.74, 6) is -4.03. The van der Waals surface area contributed by atoms with Crippen LogP contribution in [-0.2, 0) is 47.5 Å². The molecule has 0 aliphatic carbocycles. The molecule has 3 aromatic carbocycles. The fourth-order valence-electron chi connectivity index (χ4n) is 5.51. The number of hydrogen-bond acceptors (Lipinski definition) is 14. The highest BCUT2D eigenvalue weighted by Crippen LogP contribution is 2.34. The molecule has 0 spiro atoms. The van der Waals surface area contributed by atoms with Gasteiger partial charge in [0.25, 0.3) is 0 Å². The lowest BCUT2D eigenvalue weighted by Gasteiger charge is -2.46. The number of ether oxygens (including phenoxy) is 8. The first-order chi connectivity index (χ1) is 24.0. The van der Waals surface area contributed by atoms with E-state index in [9.17, 15) is 29.1 Å². The maximum absolute atomic E-state index is 13.5. The Kier molecular flexibility index (Phi) is 11.9. The van der Waals surface area contributed by atoms with Crippen molar-refractivity contribution in [3.63, 3.8) is 0 Å². The second-order valence-corrected chi connectivity index (χ2v) is 11.5. The topological polar surface area (TPSA) is 179 Å². The lowest BCUT2D eigenvalue weighted by molar-refractivity contribution is -0.347. The van der Waals surface area contributed by atoms with Crippen LogP contribution in [0.1, 0.15) is 51.8 Å². The summed E-state index contributed by atoms with van der Waals surface area (Å²) >= 11 is 0. The van der Waals surface area contributed by atoms with Crippen molar-refractivity contribution >= 4 is 29.8 Å². The third kappa shape index (κ3) is 8.90. The van der Waals surface area contributed by atoms with Crippen LogP contribution < -0.4 is 0 Å². The number of benzene rings is 3. The van der Waals surface area contributed by atoms with Crippen LogP contribution in [0.3, 0.4) is 0 Å². The van der Waals surface area contributed by atoms with Gasteiger partial charge in [-0.25, -0.2) is 14.4 Å². The predicted octanol–water partition coefficient (Wildman–Crippen LogP) is 3.01. The maximum Gasteiger partial charge on any atom is 0.338 e. The Morgan fingerprint density at radius 3 is 1.48 bits per heavy atom. The Morgan fingerprint density at radius 1 is 0.580 bits per heavy atom. The van der Waals surface area contributed by atoms with E-state index in [-0.39, 0.29) is 23.3 Å². The number of carbonyl (C=O) groups excluding carboxylic acids is 5. The van der Waals surface area contributed by atoms with E-state index in [1.165, 1.54) is 43.3 Å². The number of aliphatic hydroxyl groups excluding tert-OH is 1. The molecule has 50 heavy (non-hydrogen) atoms. The van der Waals surface area contributed by atoms with Gasteiger partial charge in [0.05, 0.1) is 29.4 Å². The van der Waals surface area contributed by atoms with E-state index in [1.807, 2.05) is 0 Å². The van der Waals surface area contributed by atoms with E-state index in [4.69, 9.17) is 37.9 Å². The smallest absolute Gasteiger partial charge is 0.338 e. The summed E-state index contributed by atoms with van der Waals surface area (Å²) in [4.78, 5) is 64.4. The summed E-state index contributed by atoms with van der Waals surface area (Å²) in [6.45, 7) is 3.41. The van der Waals surface area contributed by atoms with E-state index >= 15 is 0 Å². The molecule has 264 valence electrons. The minimum absolute atomic E-state index is 0.115. The van der Waals surface area contributed by atoms with Crippen molar-refractivity contribution < 1.29 is 67.0 Å². The van der Waals surface area contributed by atoms with Crippen LogP contribution in [0, 0.1) is 0 Å². The molecule has 2 heterocycles. The van der Waals surface area contributed by atoms with Crippen LogP contribution in [0.5, 0.6) is 0 Å². The van der Waals surface area contributed by atoms with Gasteiger partial charge < -0.3 is 43.0 Å². The second-order valence-electron chi connectivity index (χ2n) is 11.5. The number of esters is 5. The summed E-state index contributed by atoms with van der Waals surface area (Å²) in [7, 11) is 0. The first-order valence-electron chi connectivity index (χ1n) is 15.7. The summed E-state index contributed by atoms with van der Waals surface area (Å²) in [5, 5.41) is 10.9. The van der Waals surface area contributed by atoms with Crippen molar-refractivity contribution in [3.8, 4) is 0 Å². The molecule has 2 fully saturated rings. The average molecular weight is 693 g/mol. The SMILES string of the molecule is CC(=O)O[C@@H]1[C@@H](O[C@@H]2O[C@@H](C)[C@H](OC(=O)c3ccccc3)[C@@H](OC(=O)c3ccccc3)[C@H]2OC(=O)c2ccccc2)[C@H](O)OC[C@@H]1OC(C)=O. The van der Waals surface area contributed by atoms with Gasteiger partial charge in [0.15, 0.2) is 49.2 Å². The number of rotatable bonds is 10. The molecule has 9 atom stereocenters. The van der Waals surface area contributed by atoms with Crippen molar-refractivity contribution in [2.45, 2.75) is 76.1 Å². The van der Waals surface area contributed by atoms with E-state index in [0.717, 1.165) is 13.8 Å². The predicted molar refractivity (Wildman–Crippen MR) is 169 cm³/mol. The highest BCUT2D eigenvalue weighted by Gasteiger charge is 2.55. The Hall–Kier alpha value is -5.15. The zero-order valence-corrected chi connectivity index (χ0v) is 27.3. The molecule has 5 rings (SSSR count). The molecule has 0 aromatic heterocycles. The third-order valence-electron chi connectivity index (χ3n) is 7.80. The molecule has 0 radical (unpaired) electrons. The van der Waals surface area contributed by atoms with Gasteiger partial charge in [-0.15, -0.1) is 0 Å². The van der Waals surface area contributed by atoms with Gasteiger partial charge in [0.2, 0.25) is 0 Å². The Morgan fingerprint density at radius 2 is 1.02 bits per heavy atom. The van der Waals surface area contributed by atoms with Crippen LogP contribution >= 0.6 is 0 Å². The van der Waals surface area contributed by atoms with Gasteiger partial charge >= 0.3 is 29.8 Å². The normalized spacial score (nSPS) is 27.6. The monoisotopic (exact) mass is 692 g/mol. The lowest BCUT2D eigenvalue weighted by atomic mass is 9.97. The Balaban J connectivity index is 1.55. The van der Waals surface area contributed by atoms with E-state index < -0.39 is 85.2 Å². The Bertz CT molecular complexity index is 1630. The summed E-state index contributed by atoms with van der Waals surface area (Å²) in [6.07, 6.45) is -13.3. The standard InChI is InChI=1S/C36H36O14/c1-20-27(47-32(39)23-13-7-4-8-14-23)29(48-33(40)24-15-9-5-10-16-24)31(49-34(41)25-17-11-6-12-18-25)36(44-20)50-30-28(46-22(3)38)26(45-21(2)37)19-43-35(30)42/h4-18,20,26-31,35-36,42H,19H2,1-3H3/t20-,26-,27-,28-,29+,30+,31+,35+,36-/m0/s1. The molecule has 2 saturated heterocycles. The summed E-state index contributed by atoms with van der Waals surface area (Å²) < 4.78 is 46.1. The first kappa shape index (κ1) is 36.1. The lowest BCUT2D eigenvalue weighted by Crippen LogP contribution is -2.64. The largest absolute Gasteiger partial charge is 0.456 e. The molecule has 1 N–H and O–H groups in total. The van der Waals surface area contributed by atoms with Crippen molar-refractivity contribution in [3.05, 3.63) is 108 Å². The van der Waals surface area contributed by atoms with Crippen LogP contribution in [0.25, 0.3) is 0 Å². The van der Waals surface area contributed by atoms with Crippen molar-refractivity contribution in [1.82, 2.24) is 0 Å². The Labute approximate surface area is 287 Å². The van der Waals surface area contributed by atoms with Crippen LogP contribution in [-0.4, -0.2) is 96.9 Å². The highest BCUT2D eigenvalue weighted by molar-refractivity contribution is 5.91. The molecule has 14 heteroatoms. The molecule has 0 amide bonds. The van der Waals surface area contributed by atoms with Gasteiger partial charge in [0.1, 0.15) is 0 Å². The van der Waals surface area contributed by atoms with Gasteiger partial charge in [-0.1, -0.05) is 54.6 Å². The fourth-order valence-corrected chi connectivity index (χ4v) is 5.51. The number of aliphatic hydroxyl groups is 1. The summed E-state index contributed by atoms with van der Waals surface area (Å²) in [5.41, 5.74) is 0.442. The van der Waals surface area contributed by atoms with Gasteiger partial charge in [-0.3, -0.25) is 9.59 Å². The third-order valence-corrected chi connectivity index (χ3v) is 7.80. The molecular formula is C36H36O14. The van der Waals surface area contributed by atoms with Crippen LogP contribution in [0.15, 0.2) is 91.0 Å². The summed E-state index contributed by atoms with van der Waals surface area (Å²) in [6, 6.07) is 23.9. The molecule has 0 saturated carbocycles. The number of hydrogen-bond donors (Lipinski definition) is 1. The average Bonchev–Trinajstić information content (AvgIpc) is 3.11. The quantitative estimate of drug-likeness (QED) is 0.242. The molecule has 2 aliphatic rings. The van der Waals surface area contributed by atoms with Gasteiger partial charge in [0, 0.05) is 13.8 Å². The highest BCUT2D eigenvalue weighted by atomic mass is 16.8. The molecular weight excluding hydrogens is 656 g/mol. The van der Waals surface area contributed by atoms with E-state index in [2.05, 4.69) is 0 Å². The first-order valence-corrected chi connectivity index (χ1v) is 15.7. The van der Waals surface area contributed by atoms with Crippen molar-refractivity contribution in [2.24, 2.45) is 0 Å². The van der Waals surface area contributed by atoms with Crippen LogP contribution in [0.2, 0.25) is 0 Å². The fraction of sp³-hybridized carbons (Fsp3) is 0.361. The number of carbonyl (C=O) groups is 5. The minimum atomic E-state index is -1.76. The molecule has 14 nitrogen and oxygen atoms in total.